The van der Waals surface area contributed by atoms with Gasteiger partial charge in [0.2, 0.25) is 11.8 Å². The van der Waals surface area contributed by atoms with Crippen LogP contribution in [0.3, 0.4) is 0 Å². The quantitative estimate of drug-likeness (QED) is 0.169. The fourth-order valence-corrected chi connectivity index (χ4v) is 6.46. The number of para-hydroxylation sites is 2. The van der Waals surface area contributed by atoms with Crippen LogP contribution in [-0.4, -0.2) is 51.4 Å². The van der Waals surface area contributed by atoms with Crippen molar-refractivity contribution < 1.29 is 22.7 Å². The molecule has 2 amide bonds. The molecule has 0 saturated carbocycles. The largest absolute Gasteiger partial charge is 0.495 e. The lowest BCUT2D eigenvalue weighted by molar-refractivity contribution is -0.140. The summed E-state index contributed by atoms with van der Waals surface area (Å²) in [7, 11) is -2.76. The van der Waals surface area contributed by atoms with Gasteiger partial charge in [-0.15, -0.1) is 0 Å². The number of nitrogens with one attached hydrogen (secondary N) is 1. The first kappa shape index (κ1) is 33.3. The number of nitrogens with zero attached hydrogens (tertiary/aromatic N) is 2. The maximum atomic E-state index is 14.5. The molecule has 0 aliphatic carbocycles. The molecular weight excluding hydrogens is 586 g/mol. The summed E-state index contributed by atoms with van der Waals surface area (Å²) in [5, 5.41) is 3.01. The SMILES string of the molecule is CCCCNC(=O)C(Cc1ccccc1)N(Cc1ccc(C)cc1)C(=O)CN(c1ccccc1OC)S(=O)(=O)c1ccccc1. The minimum absolute atomic E-state index is 0.0342. The van der Waals surface area contributed by atoms with Crippen LogP contribution >= 0.6 is 0 Å². The van der Waals surface area contributed by atoms with Gasteiger partial charge in [-0.25, -0.2) is 8.42 Å². The molecule has 1 unspecified atom stereocenters. The highest BCUT2D eigenvalue weighted by molar-refractivity contribution is 7.92. The Balaban J connectivity index is 1.80. The Morgan fingerprint density at radius 1 is 0.822 bits per heavy atom. The second-order valence-corrected chi connectivity index (χ2v) is 12.7. The molecule has 0 aliphatic rings. The maximum Gasteiger partial charge on any atom is 0.264 e. The van der Waals surface area contributed by atoms with E-state index in [1.165, 1.54) is 24.1 Å². The van der Waals surface area contributed by atoms with Crippen LogP contribution in [0.1, 0.15) is 36.5 Å². The number of sulfonamides is 1. The fourth-order valence-electron chi connectivity index (χ4n) is 5.02. The van der Waals surface area contributed by atoms with E-state index in [0.29, 0.717) is 12.3 Å². The molecule has 1 N–H and O–H groups in total. The van der Waals surface area contributed by atoms with Crippen molar-refractivity contribution in [3.8, 4) is 5.75 Å². The maximum absolute atomic E-state index is 14.5. The van der Waals surface area contributed by atoms with Crippen LogP contribution in [0.4, 0.5) is 5.69 Å². The van der Waals surface area contributed by atoms with Gasteiger partial charge in [0.1, 0.15) is 18.3 Å². The summed E-state index contributed by atoms with van der Waals surface area (Å²) in [6.07, 6.45) is 1.96. The zero-order valence-corrected chi connectivity index (χ0v) is 26.9. The third-order valence-corrected chi connectivity index (χ3v) is 9.31. The molecule has 0 aliphatic heterocycles. The first-order chi connectivity index (χ1) is 21.7. The number of ether oxygens (including phenoxy) is 1. The van der Waals surface area contributed by atoms with Crippen LogP contribution in [0.5, 0.6) is 5.75 Å². The van der Waals surface area contributed by atoms with E-state index in [0.717, 1.165) is 33.8 Å². The first-order valence-electron chi connectivity index (χ1n) is 15.1. The fraction of sp³-hybridized carbons (Fsp3) is 0.278. The van der Waals surface area contributed by atoms with E-state index < -0.39 is 28.5 Å². The Kier molecular flexibility index (Phi) is 11.8. The summed E-state index contributed by atoms with van der Waals surface area (Å²) in [6, 6.07) is 31.0. The van der Waals surface area contributed by atoms with Gasteiger partial charge in [-0.3, -0.25) is 13.9 Å². The van der Waals surface area contributed by atoms with Crippen molar-refractivity contribution in [2.45, 2.75) is 50.6 Å². The number of carbonyl (C=O) groups excluding carboxylic acids is 2. The highest BCUT2D eigenvalue weighted by Crippen LogP contribution is 2.32. The van der Waals surface area contributed by atoms with Gasteiger partial charge < -0.3 is 15.0 Å². The molecule has 8 nitrogen and oxygen atoms in total. The zero-order chi connectivity index (χ0) is 32.2. The number of unbranched alkanes of at least 4 members (excludes halogenated alkanes) is 1. The van der Waals surface area contributed by atoms with Gasteiger partial charge in [0.25, 0.3) is 10.0 Å². The number of methoxy groups -OCH3 is 1. The van der Waals surface area contributed by atoms with E-state index >= 15 is 0 Å². The number of rotatable bonds is 15. The average molecular weight is 628 g/mol. The lowest BCUT2D eigenvalue weighted by Gasteiger charge is -2.34. The monoisotopic (exact) mass is 627 g/mol. The zero-order valence-electron chi connectivity index (χ0n) is 26.1. The number of amides is 2. The molecule has 0 fully saturated rings. The van der Waals surface area contributed by atoms with Crippen LogP contribution < -0.4 is 14.4 Å². The second-order valence-electron chi connectivity index (χ2n) is 10.9. The van der Waals surface area contributed by atoms with Crippen LogP contribution in [0.2, 0.25) is 0 Å². The van der Waals surface area contributed by atoms with E-state index in [4.69, 9.17) is 4.74 Å². The molecular formula is C36H41N3O5S. The van der Waals surface area contributed by atoms with Crippen molar-refractivity contribution in [1.29, 1.82) is 0 Å². The van der Waals surface area contributed by atoms with Gasteiger partial charge in [-0.05, 0) is 48.7 Å². The molecule has 9 heteroatoms. The van der Waals surface area contributed by atoms with Gasteiger partial charge in [-0.1, -0.05) is 104 Å². The van der Waals surface area contributed by atoms with E-state index in [1.54, 1.807) is 42.5 Å². The predicted octanol–water partition coefficient (Wildman–Crippen LogP) is 5.76. The van der Waals surface area contributed by atoms with Crippen molar-refractivity contribution >= 4 is 27.5 Å². The third-order valence-electron chi connectivity index (χ3n) is 7.54. The van der Waals surface area contributed by atoms with E-state index in [1.807, 2.05) is 68.4 Å². The second kappa shape index (κ2) is 15.9. The van der Waals surface area contributed by atoms with Gasteiger partial charge in [0.05, 0.1) is 17.7 Å². The van der Waals surface area contributed by atoms with Crippen LogP contribution in [0.25, 0.3) is 0 Å². The number of benzene rings is 4. The van der Waals surface area contributed by atoms with Gasteiger partial charge >= 0.3 is 0 Å². The minimum Gasteiger partial charge on any atom is -0.495 e. The Morgan fingerprint density at radius 2 is 1.44 bits per heavy atom. The predicted molar refractivity (Wildman–Crippen MR) is 178 cm³/mol. The van der Waals surface area contributed by atoms with Crippen molar-refractivity contribution in [3.05, 3.63) is 126 Å². The average Bonchev–Trinajstić information content (AvgIpc) is 3.06. The first-order valence-corrected chi connectivity index (χ1v) is 16.6. The Morgan fingerprint density at radius 3 is 2.09 bits per heavy atom. The number of anilines is 1. The summed E-state index contributed by atoms with van der Waals surface area (Å²) < 4.78 is 34.9. The summed E-state index contributed by atoms with van der Waals surface area (Å²) >= 11 is 0. The highest BCUT2D eigenvalue weighted by Gasteiger charge is 2.35. The summed E-state index contributed by atoms with van der Waals surface area (Å²) in [5.74, 6) is -0.511. The number of hydrogen-bond donors (Lipinski definition) is 1. The molecule has 1 atom stereocenters. The molecule has 0 radical (unpaired) electrons. The summed E-state index contributed by atoms with van der Waals surface area (Å²) in [6.45, 7) is 4.06. The molecule has 0 bridgehead atoms. The van der Waals surface area contributed by atoms with Crippen LogP contribution in [0, 0.1) is 6.92 Å². The topological polar surface area (TPSA) is 96.0 Å². The molecule has 0 spiro atoms. The van der Waals surface area contributed by atoms with Crippen LogP contribution in [0.15, 0.2) is 114 Å². The molecule has 4 aromatic carbocycles. The lowest BCUT2D eigenvalue weighted by Crippen LogP contribution is -2.53. The molecule has 236 valence electrons. The van der Waals surface area contributed by atoms with E-state index in [2.05, 4.69) is 5.32 Å². The smallest absolute Gasteiger partial charge is 0.264 e. The minimum atomic E-state index is -4.21. The standard InChI is InChI=1S/C36H41N3O5S/c1-4-5-24-37-36(41)33(25-29-14-8-6-9-15-29)38(26-30-22-20-28(2)21-23-30)35(40)27-39(32-18-12-13-19-34(32)44-3)45(42,43)31-16-10-7-11-17-31/h6-23,33H,4-5,24-27H2,1-3H3,(H,37,41). The molecule has 0 saturated heterocycles. The normalized spacial score (nSPS) is 11.8. The Hall–Kier alpha value is -4.63. The van der Waals surface area contributed by atoms with Crippen molar-refractivity contribution in [2.24, 2.45) is 0 Å². The highest BCUT2D eigenvalue weighted by atomic mass is 32.2. The number of carbonyl (C=O) groups is 2. The van der Waals surface area contributed by atoms with Crippen molar-refractivity contribution in [1.82, 2.24) is 10.2 Å². The summed E-state index contributed by atoms with van der Waals surface area (Å²) in [5.41, 5.74) is 2.99. The Labute approximate surface area is 266 Å². The molecule has 4 rings (SSSR count). The van der Waals surface area contributed by atoms with Crippen LogP contribution in [-0.2, 0) is 32.6 Å². The molecule has 0 heterocycles. The summed E-state index contributed by atoms with van der Waals surface area (Å²) in [4.78, 5) is 29.9. The van der Waals surface area contributed by atoms with Gasteiger partial charge in [0, 0.05) is 19.5 Å². The number of hydrogen-bond acceptors (Lipinski definition) is 5. The van der Waals surface area contributed by atoms with E-state index in [-0.39, 0.29) is 29.5 Å². The Bertz CT molecular complexity index is 1650. The van der Waals surface area contributed by atoms with Gasteiger partial charge in [0.15, 0.2) is 0 Å². The van der Waals surface area contributed by atoms with Crippen molar-refractivity contribution in [2.75, 3.05) is 24.5 Å². The van der Waals surface area contributed by atoms with E-state index in [9.17, 15) is 18.0 Å². The van der Waals surface area contributed by atoms with Gasteiger partial charge in [-0.2, -0.15) is 0 Å². The van der Waals surface area contributed by atoms with Crippen molar-refractivity contribution in [3.63, 3.8) is 0 Å². The lowest BCUT2D eigenvalue weighted by atomic mass is 10.0. The molecule has 0 aromatic heterocycles. The molecule has 4 aromatic rings. The third kappa shape index (κ3) is 8.73. The molecule has 45 heavy (non-hydrogen) atoms. The number of aryl methyl sites for hydroxylation is 1.